The van der Waals surface area contributed by atoms with Crippen LogP contribution in [0.15, 0.2) is 30.9 Å². The molecule has 3 nitrogen and oxygen atoms in total. The van der Waals surface area contributed by atoms with Gasteiger partial charge in [0.25, 0.3) is 5.91 Å². The highest BCUT2D eigenvalue weighted by Gasteiger charge is 2.20. The van der Waals surface area contributed by atoms with Crippen molar-refractivity contribution in [2.75, 3.05) is 32.7 Å². The lowest BCUT2D eigenvalue weighted by Crippen LogP contribution is -2.35. The second kappa shape index (κ2) is 7.11. The summed E-state index contributed by atoms with van der Waals surface area (Å²) in [5, 5.41) is 0.980. The summed E-state index contributed by atoms with van der Waals surface area (Å²) in [6.45, 7) is 7.96. The van der Waals surface area contributed by atoms with Crippen LogP contribution in [0.5, 0.6) is 0 Å². The SMILES string of the molecule is C=CCN1CCCN(C(=O)c2cc(Cl)cc(Cl)c2)CC1. The fourth-order valence-electron chi connectivity index (χ4n) is 2.40. The Morgan fingerprint density at radius 1 is 1.15 bits per heavy atom. The molecule has 0 bridgehead atoms. The molecule has 0 radical (unpaired) electrons. The Bertz CT molecular complexity index is 484. The molecule has 20 heavy (non-hydrogen) atoms. The van der Waals surface area contributed by atoms with Gasteiger partial charge in [-0.25, -0.2) is 0 Å². The standard InChI is InChI=1S/C15H18Cl2N2O/c1-2-4-18-5-3-6-19(8-7-18)15(20)12-9-13(16)11-14(17)10-12/h2,9-11H,1,3-8H2. The largest absolute Gasteiger partial charge is 0.337 e. The molecular formula is C15H18Cl2N2O. The Kier molecular flexibility index (Phi) is 5.46. The molecule has 0 unspecified atom stereocenters. The number of hydrogen-bond donors (Lipinski definition) is 0. The van der Waals surface area contributed by atoms with E-state index in [1.807, 2.05) is 11.0 Å². The maximum absolute atomic E-state index is 12.5. The Morgan fingerprint density at radius 2 is 1.85 bits per heavy atom. The monoisotopic (exact) mass is 312 g/mol. The molecule has 1 fully saturated rings. The van der Waals surface area contributed by atoms with Gasteiger partial charge in [-0.2, -0.15) is 0 Å². The van der Waals surface area contributed by atoms with E-state index in [1.54, 1.807) is 18.2 Å². The van der Waals surface area contributed by atoms with Crippen molar-refractivity contribution in [1.29, 1.82) is 0 Å². The molecule has 0 N–H and O–H groups in total. The van der Waals surface area contributed by atoms with E-state index in [4.69, 9.17) is 23.2 Å². The second-order valence-corrected chi connectivity index (χ2v) is 5.77. The maximum Gasteiger partial charge on any atom is 0.254 e. The highest BCUT2D eigenvalue weighted by molar-refractivity contribution is 6.35. The zero-order valence-electron chi connectivity index (χ0n) is 11.3. The predicted octanol–water partition coefficient (Wildman–Crippen LogP) is 3.33. The van der Waals surface area contributed by atoms with Crippen LogP contribution in [0, 0.1) is 0 Å². The third-order valence-electron chi connectivity index (χ3n) is 3.37. The summed E-state index contributed by atoms with van der Waals surface area (Å²) in [5.74, 6) is -0.00477. The van der Waals surface area contributed by atoms with Crippen LogP contribution in [0.1, 0.15) is 16.8 Å². The van der Waals surface area contributed by atoms with Crippen molar-refractivity contribution in [2.24, 2.45) is 0 Å². The third kappa shape index (κ3) is 3.98. The van der Waals surface area contributed by atoms with E-state index >= 15 is 0 Å². The minimum absolute atomic E-state index is 0.00477. The quantitative estimate of drug-likeness (QED) is 0.799. The van der Waals surface area contributed by atoms with Crippen molar-refractivity contribution in [1.82, 2.24) is 9.80 Å². The third-order valence-corrected chi connectivity index (χ3v) is 3.81. The van der Waals surface area contributed by atoms with E-state index in [2.05, 4.69) is 11.5 Å². The van der Waals surface area contributed by atoms with Crippen LogP contribution in [0.4, 0.5) is 0 Å². The van der Waals surface area contributed by atoms with Crippen LogP contribution in [-0.2, 0) is 0 Å². The van der Waals surface area contributed by atoms with Gasteiger partial charge in [0.2, 0.25) is 0 Å². The molecular weight excluding hydrogens is 295 g/mol. The van der Waals surface area contributed by atoms with E-state index in [1.165, 1.54) is 0 Å². The van der Waals surface area contributed by atoms with Gasteiger partial charge in [0.05, 0.1) is 0 Å². The molecule has 5 heteroatoms. The summed E-state index contributed by atoms with van der Waals surface area (Å²) in [5.41, 5.74) is 0.555. The molecule has 1 saturated heterocycles. The van der Waals surface area contributed by atoms with Crippen molar-refractivity contribution < 1.29 is 4.79 Å². The molecule has 0 aliphatic carbocycles. The number of amides is 1. The van der Waals surface area contributed by atoms with Crippen molar-refractivity contribution in [3.05, 3.63) is 46.5 Å². The summed E-state index contributed by atoms with van der Waals surface area (Å²) in [6, 6.07) is 4.97. The van der Waals surface area contributed by atoms with Crippen LogP contribution in [-0.4, -0.2) is 48.4 Å². The van der Waals surface area contributed by atoms with Crippen molar-refractivity contribution in [2.45, 2.75) is 6.42 Å². The summed E-state index contributed by atoms with van der Waals surface area (Å²) in [4.78, 5) is 16.7. The van der Waals surface area contributed by atoms with Crippen molar-refractivity contribution >= 4 is 29.1 Å². The van der Waals surface area contributed by atoms with E-state index in [9.17, 15) is 4.79 Å². The van der Waals surface area contributed by atoms with Crippen LogP contribution in [0.2, 0.25) is 10.0 Å². The summed E-state index contributed by atoms with van der Waals surface area (Å²) in [6.07, 6.45) is 2.86. The van der Waals surface area contributed by atoms with E-state index < -0.39 is 0 Å². The van der Waals surface area contributed by atoms with E-state index in [0.29, 0.717) is 15.6 Å². The van der Waals surface area contributed by atoms with Crippen LogP contribution in [0.3, 0.4) is 0 Å². The maximum atomic E-state index is 12.5. The molecule has 0 spiro atoms. The first kappa shape index (κ1) is 15.4. The number of nitrogens with zero attached hydrogens (tertiary/aromatic N) is 2. The average molecular weight is 313 g/mol. The smallest absolute Gasteiger partial charge is 0.254 e. The van der Waals surface area contributed by atoms with Gasteiger partial charge < -0.3 is 4.90 Å². The molecule has 0 saturated carbocycles. The van der Waals surface area contributed by atoms with Crippen LogP contribution < -0.4 is 0 Å². The highest BCUT2D eigenvalue weighted by Crippen LogP contribution is 2.20. The van der Waals surface area contributed by atoms with Gasteiger partial charge in [0, 0.05) is 48.3 Å². The molecule has 1 aliphatic heterocycles. The fourth-order valence-corrected chi connectivity index (χ4v) is 2.93. The first-order valence-corrected chi connectivity index (χ1v) is 7.44. The lowest BCUT2D eigenvalue weighted by atomic mass is 10.2. The van der Waals surface area contributed by atoms with Gasteiger partial charge in [-0.1, -0.05) is 29.3 Å². The van der Waals surface area contributed by atoms with Gasteiger partial charge in [0.1, 0.15) is 0 Å². The lowest BCUT2D eigenvalue weighted by molar-refractivity contribution is 0.0762. The molecule has 108 valence electrons. The Morgan fingerprint density at radius 3 is 2.50 bits per heavy atom. The van der Waals surface area contributed by atoms with Gasteiger partial charge >= 0.3 is 0 Å². The fraction of sp³-hybridized carbons (Fsp3) is 0.400. The number of benzene rings is 1. The molecule has 0 aromatic heterocycles. The Balaban J connectivity index is 2.07. The first-order valence-electron chi connectivity index (χ1n) is 6.69. The van der Waals surface area contributed by atoms with Gasteiger partial charge in [0.15, 0.2) is 0 Å². The van der Waals surface area contributed by atoms with Crippen molar-refractivity contribution in [3.8, 4) is 0 Å². The van der Waals surface area contributed by atoms with Gasteiger partial charge in [-0.15, -0.1) is 6.58 Å². The molecule has 1 heterocycles. The Hall–Kier alpha value is -1.03. The van der Waals surface area contributed by atoms with Gasteiger partial charge in [-0.05, 0) is 24.6 Å². The number of carbonyl (C=O) groups excluding carboxylic acids is 1. The average Bonchev–Trinajstić information content (AvgIpc) is 2.63. The van der Waals surface area contributed by atoms with Crippen LogP contribution in [0.25, 0.3) is 0 Å². The number of rotatable bonds is 3. The molecule has 1 aromatic carbocycles. The van der Waals surface area contributed by atoms with E-state index in [-0.39, 0.29) is 5.91 Å². The van der Waals surface area contributed by atoms with E-state index in [0.717, 1.165) is 39.1 Å². The molecule has 1 aliphatic rings. The predicted molar refractivity (Wildman–Crippen MR) is 83.6 cm³/mol. The molecule has 2 rings (SSSR count). The van der Waals surface area contributed by atoms with Crippen LogP contribution >= 0.6 is 23.2 Å². The minimum atomic E-state index is -0.00477. The number of halogens is 2. The summed E-state index contributed by atoms with van der Waals surface area (Å²) >= 11 is 11.9. The molecule has 1 aromatic rings. The van der Waals surface area contributed by atoms with Gasteiger partial charge in [-0.3, -0.25) is 9.69 Å². The summed E-state index contributed by atoms with van der Waals surface area (Å²) < 4.78 is 0. The molecule has 1 amide bonds. The summed E-state index contributed by atoms with van der Waals surface area (Å²) in [7, 11) is 0. The first-order chi connectivity index (χ1) is 9.60. The zero-order chi connectivity index (χ0) is 14.5. The highest BCUT2D eigenvalue weighted by atomic mass is 35.5. The second-order valence-electron chi connectivity index (χ2n) is 4.89. The minimum Gasteiger partial charge on any atom is -0.337 e. The number of hydrogen-bond acceptors (Lipinski definition) is 2. The number of carbonyl (C=O) groups is 1. The lowest BCUT2D eigenvalue weighted by Gasteiger charge is -2.21. The topological polar surface area (TPSA) is 23.6 Å². The Labute approximate surface area is 129 Å². The normalized spacial score (nSPS) is 16.8. The molecule has 0 atom stereocenters. The van der Waals surface area contributed by atoms with Crippen molar-refractivity contribution in [3.63, 3.8) is 0 Å². The zero-order valence-corrected chi connectivity index (χ0v) is 12.8.